The molecular weight excluding hydrogens is 497 g/mol. The van der Waals surface area contributed by atoms with Crippen LogP contribution in [0.2, 0.25) is 0 Å². The van der Waals surface area contributed by atoms with E-state index in [2.05, 4.69) is 40.3 Å². The van der Waals surface area contributed by atoms with E-state index in [0.29, 0.717) is 0 Å². The fourth-order valence-corrected chi connectivity index (χ4v) is 9.84. The maximum absolute atomic E-state index is 14.0. The SMILES string of the molecule is Fc1ccc([Si](c2ccc(F)cc2)(c2ccc(F)cc2)c2ccc(-c3ccc4ncncc4c3)cc2)cc1. The summed E-state index contributed by atoms with van der Waals surface area (Å²) < 4.78 is 42.1. The van der Waals surface area contributed by atoms with E-state index in [9.17, 15) is 13.2 Å². The molecule has 0 spiro atoms. The summed E-state index contributed by atoms with van der Waals surface area (Å²) in [6.45, 7) is 0. The van der Waals surface area contributed by atoms with Crippen molar-refractivity contribution in [3.05, 3.63) is 145 Å². The Morgan fingerprint density at radius 1 is 0.474 bits per heavy atom. The van der Waals surface area contributed by atoms with Crippen LogP contribution in [0.15, 0.2) is 128 Å². The molecule has 0 aliphatic rings. The van der Waals surface area contributed by atoms with Gasteiger partial charge >= 0.3 is 0 Å². The third kappa shape index (κ3) is 4.19. The molecule has 38 heavy (non-hydrogen) atoms. The molecule has 0 aliphatic heterocycles. The molecule has 0 unspecified atom stereocenters. The van der Waals surface area contributed by atoms with E-state index in [1.807, 2.05) is 12.1 Å². The molecule has 0 aliphatic carbocycles. The molecule has 0 fully saturated rings. The summed E-state index contributed by atoms with van der Waals surface area (Å²) in [6, 6.07) is 33.6. The minimum Gasteiger partial charge on any atom is -0.244 e. The van der Waals surface area contributed by atoms with Crippen LogP contribution in [0, 0.1) is 17.5 Å². The van der Waals surface area contributed by atoms with Crippen LogP contribution in [0.3, 0.4) is 0 Å². The lowest BCUT2D eigenvalue weighted by Gasteiger charge is -2.34. The third-order valence-electron chi connectivity index (χ3n) is 6.99. The van der Waals surface area contributed by atoms with E-state index in [1.165, 1.54) is 42.7 Å². The van der Waals surface area contributed by atoms with E-state index in [4.69, 9.17) is 0 Å². The molecule has 0 amide bonds. The van der Waals surface area contributed by atoms with Gasteiger partial charge in [0.05, 0.1) is 5.52 Å². The average Bonchev–Trinajstić information content (AvgIpc) is 2.96. The first-order valence-corrected chi connectivity index (χ1v) is 14.1. The van der Waals surface area contributed by atoms with Gasteiger partial charge in [0.1, 0.15) is 23.8 Å². The van der Waals surface area contributed by atoms with Crippen molar-refractivity contribution in [1.29, 1.82) is 0 Å². The molecule has 6 rings (SSSR count). The summed E-state index contributed by atoms with van der Waals surface area (Å²) in [5.74, 6) is -1.03. The lowest BCUT2D eigenvalue weighted by Crippen LogP contribution is -2.74. The molecule has 6 aromatic rings. The standard InChI is InChI=1S/C32H21F3N2Si/c33-25-4-12-29(13-5-25)38(30-14-6-26(34)7-15-30,31-16-8-27(35)9-17-31)28-10-1-22(2-11-28)23-3-18-32-24(19-23)20-36-21-37-32/h1-21H. The zero-order chi connectivity index (χ0) is 26.1. The fourth-order valence-electron chi connectivity index (χ4n) is 5.18. The van der Waals surface area contributed by atoms with Crippen LogP contribution in [-0.2, 0) is 0 Å². The lowest BCUT2D eigenvalue weighted by molar-refractivity contribution is 0.628. The van der Waals surface area contributed by atoms with Gasteiger partial charge in [-0.25, -0.2) is 23.1 Å². The van der Waals surface area contributed by atoms with Crippen LogP contribution in [0.1, 0.15) is 0 Å². The predicted octanol–water partition coefficient (Wildman–Crippen LogP) is 5.09. The highest BCUT2D eigenvalue weighted by Gasteiger charge is 2.41. The molecule has 0 N–H and O–H groups in total. The van der Waals surface area contributed by atoms with Crippen LogP contribution < -0.4 is 20.7 Å². The van der Waals surface area contributed by atoms with E-state index in [1.54, 1.807) is 42.6 Å². The number of rotatable bonds is 5. The molecule has 184 valence electrons. The van der Waals surface area contributed by atoms with Crippen LogP contribution in [-0.4, -0.2) is 18.0 Å². The van der Waals surface area contributed by atoms with Crippen molar-refractivity contribution in [1.82, 2.24) is 9.97 Å². The van der Waals surface area contributed by atoms with Crippen LogP contribution in [0.5, 0.6) is 0 Å². The van der Waals surface area contributed by atoms with Crippen molar-refractivity contribution in [2.45, 2.75) is 0 Å². The average molecular weight is 519 g/mol. The van der Waals surface area contributed by atoms with Crippen LogP contribution in [0.25, 0.3) is 22.0 Å². The van der Waals surface area contributed by atoms with Crippen molar-refractivity contribution in [3.63, 3.8) is 0 Å². The molecular formula is C32H21F3N2Si. The van der Waals surface area contributed by atoms with Gasteiger partial charge in [0.2, 0.25) is 0 Å². The molecule has 0 saturated heterocycles. The zero-order valence-corrected chi connectivity index (χ0v) is 21.2. The molecule has 2 nitrogen and oxygen atoms in total. The maximum atomic E-state index is 14.0. The number of hydrogen-bond donors (Lipinski definition) is 0. The van der Waals surface area contributed by atoms with Crippen LogP contribution in [0.4, 0.5) is 13.2 Å². The second-order valence-corrected chi connectivity index (χ2v) is 13.0. The summed E-state index contributed by atoms with van der Waals surface area (Å²) in [4.78, 5) is 8.42. The highest BCUT2D eigenvalue weighted by Crippen LogP contribution is 2.23. The van der Waals surface area contributed by atoms with E-state index < -0.39 is 8.07 Å². The first-order valence-electron chi connectivity index (χ1n) is 12.1. The Kier molecular flexibility index (Phi) is 6.10. The monoisotopic (exact) mass is 518 g/mol. The molecule has 0 radical (unpaired) electrons. The van der Waals surface area contributed by atoms with E-state index in [0.717, 1.165) is 42.8 Å². The van der Waals surface area contributed by atoms with Gasteiger partial charge in [0, 0.05) is 11.6 Å². The molecule has 1 heterocycles. The fraction of sp³-hybridized carbons (Fsp3) is 0. The minimum atomic E-state index is -3.06. The van der Waals surface area contributed by atoms with Crippen molar-refractivity contribution in [2.75, 3.05) is 0 Å². The quantitative estimate of drug-likeness (QED) is 0.235. The topological polar surface area (TPSA) is 25.8 Å². The Hall–Kier alpha value is -4.55. The maximum Gasteiger partial charge on any atom is 0.179 e. The van der Waals surface area contributed by atoms with E-state index >= 15 is 0 Å². The van der Waals surface area contributed by atoms with Gasteiger partial charge in [-0.05, 0) is 80.4 Å². The molecule has 0 bridgehead atoms. The molecule has 5 aromatic carbocycles. The summed E-state index contributed by atoms with van der Waals surface area (Å²) in [5.41, 5.74) is 2.91. The second-order valence-electron chi connectivity index (χ2n) is 9.14. The Morgan fingerprint density at radius 3 is 1.37 bits per heavy atom. The van der Waals surface area contributed by atoms with Crippen molar-refractivity contribution >= 4 is 39.7 Å². The normalized spacial score (nSPS) is 11.6. The van der Waals surface area contributed by atoms with Gasteiger partial charge in [-0.2, -0.15) is 0 Å². The van der Waals surface area contributed by atoms with Gasteiger partial charge in [-0.1, -0.05) is 66.7 Å². The molecule has 0 atom stereocenters. The number of benzene rings is 5. The highest BCUT2D eigenvalue weighted by molar-refractivity contribution is 7.19. The van der Waals surface area contributed by atoms with Gasteiger partial charge in [-0.15, -0.1) is 0 Å². The second kappa shape index (κ2) is 9.72. The number of fused-ring (bicyclic) bond motifs is 1. The Bertz CT molecular complexity index is 1610. The summed E-state index contributed by atoms with van der Waals surface area (Å²) in [6.07, 6.45) is 3.32. The summed E-state index contributed by atoms with van der Waals surface area (Å²) >= 11 is 0. The van der Waals surface area contributed by atoms with Gasteiger partial charge in [-0.3, -0.25) is 0 Å². The first-order chi connectivity index (χ1) is 18.5. The minimum absolute atomic E-state index is 0.342. The van der Waals surface area contributed by atoms with Gasteiger partial charge in [0.25, 0.3) is 0 Å². The molecule has 6 heteroatoms. The van der Waals surface area contributed by atoms with Gasteiger partial charge in [0.15, 0.2) is 8.07 Å². The van der Waals surface area contributed by atoms with Crippen LogP contribution >= 0.6 is 0 Å². The smallest absolute Gasteiger partial charge is 0.179 e. The predicted molar refractivity (Wildman–Crippen MR) is 148 cm³/mol. The first kappa shape index (κ1) is 23.8. The number of halogens is 3. The largest absolute Gasteiger partial charge is 0.244 e. The highest BCUT2D eigenvalue weighted by atomic mass is 28.3. The number of hydrogen-bond acceptors (Lipinski definition) is 2. The van der Waals surface area contributed by atoms with Crippen molar-refractivity contribution < 1.29 is 13.2 Å². The van der Waals surface area contributed by atoms with Gasteiger partial charge < -0.3 is 0 Å². The zero-order valence-electron chi connectivity index (χ0n) is 20.2. The molecule has 0 saturated carbocycles. The molecule has 1 aromatic heterocycles. The Morgan fingerprint density at radius 2 is 0.895 bits per heavy atom. The van der Waals surface area contributed by atoms with Crippen molar-refractivity contribution in [3.8, 4) is 11.1 Å². The Labute approximate surface area is 219 Å². The number of aromatic nitrogens is 2. The lowest BCUT2D eigenvalue weighted by atomic mass is 10.0. The van der Waals surface area contributed by atoms with Crippen molar-refractivity contribution in [2.24, 2.45) is 0 Å². The number of nitrogens with zero attached hydrogens (tertiary/aromatic N) is 2. The van der Waals surface area contributed by atoms with E-state index in [-0.39, 0.29) is 17.5 Å². The summed E-state index contributed by atoms with van der Waals surface area (Å²) in [7, 11) is -3.06. The Balaban J connectivity index is 1.58. The summed E-state index contributed by atoms with van der Waals surface area (Å²) in [5, 5.41) is 4.69. The third-order valence-corrected chi connectivity index (χ3v) is 11.8.